The standard InChI is InChI=1S/C15H20FN3O2/c1-4-14-18-19-15(21-14)9-20-13-6-5-11(7-12(13)16)8-17-10(2)3/h5-7,10,17H,4,8-9H2,1-3H3. The summed E-state index contributed by atoms with van der Waals surface area (Å²) in [5.74, 6) is 0.675. The number of hydrogen-bond donors (Lipinski definition) is 1. The average molecular weight is 293 g/mol. The van der Waals surface area contributed by atoms with E-state index < -0.39 is 5.82 Å². The zero-order chi connectivity index (χ0) is 15.2. The van der Waals surface area contributed by atoms with Crippen molar-refractivity contribution in [2.75, 3.05) is 0 Å². The second kappa shape index (κ2) is 7.17. The minimum Gasteiger partial charge on any atom is -0.481 e. The van der Waals surface area contributed by atoms with Gasteiger partial charge >= 0.3 is 0 Å². The summed E-state index contributed by atoms with van der Waals surface area (Å²) in [6.45, 7) is 6.69. The third-order valence-corrected chi connectivity index (χ3v) is 2.87. The van der Waals surface area contributed by atoms with Gasteiger partial charge in [0.2, 0.25) is 5.89 Å². The molecule has 0 spiro atoms. The highest BCUT2D eigenvalue weighted by Gasteiger charge is 2.09. The highest BCUT2D eigenvalue weighted by molar-refractivity contribution is 5.29. The molecule has 0 atom stereocenters. The zero-order valence-corrected chi connectivity index (χ0v) is 12.5. The lowest BCUT2D eigenvalue weighted by Gasteiger charge is -2.10. The molecular formula is C15H20FN3O2. The first kappa shape index (κ1) is 15.4. The number of aromatic nitrogens is 2. The number of benzene rings is 1. The Bertz CT molecular complexity index is 584. The number of rotatable bonds is 7. The Kier molecular flexibility index (Phi) is 5.27. The van der Waals surface area contributed by atoms with Gasteiger partial charge in [-0.3, -0.25) is 0 Å². The number of nitrogens with one attached hydrogen (secondary N) is 1. The molecule has 0 amide bonds. The molecule has 6 heteroatoms. The second-order valence-corrected chi connectivity index (χ2v) is 5.03. The van der Waals surface area contributed by atoms with Gasteiger partial charge in [-0.1, -0.05) is 26.8 Å². The van der Waals surface area contributed by atoms with Gasteiger partial charge in [-0.25, -0.2) is 4.39 Å². The first-order valence-corrected chi connectivity index (χ1v) is 7.04. The molecule has 5 nitrogen and oxygen atoms in total. The van der Waals surface area contributed by atoms with Gasteiger partial charge in [0.1, 0.15) is 0 Å². The number of aryl methyl sites for hydroxylation is 1. The van der Waals surface area contributed by atoms with Gasteiger partial charge in [-0.15, -0.1) is 10.2 Å². The summed E-state index contributed by atoms with van der Waals surface area (Å²) in [6.07, 6.45) is 0.666. The number of hydrogen-bond acceptors (Lipinski definition) is 5. The zero-order valence-electron chi connectivity index (χ0n) is 12.5. The topological polar surface area (TPSA) is 60.2 Å². The number of halogens is 1. The summed E-state index contributed by atoms with van der Waals surface area (Å²) in [7, 11) is 0. The van der Waals surface area contributed by atoms with Crippen LogP contribution in [0, 0.1) is 5.82 Å². The van der Waals surface area contributed by atoms with Crippen molar-refractivity contribution in [2.24, 2.45) is 0 Å². The average Bonchev–Trinajstić information content (AvgIpc) is 2.92. The summed E-state index contributed by atoms with van der Waals surface area (Å²) in [5.41, 5.74) is 0.875. The van der Waals surface area contributed by atoms with Crippen LogP contribution in [-0.2, 0) is 19.6 Å². The van der Waals surface area contributed by atoms with Crippen LogP contribution in [0.25, 0.3) is 0 Å². The summed E-state index contributed by atoms with van der Waals surface area (Å²) in [4.78, 5) is 0. The largest absolute Gasteiger partial charge is 0.481 e. The molecule has 0 fully saturated rings. The van der Waals surface area contributed by atoms with Crippen LogP contribution in [0.5, 0.6) is 5.75 Å². The first-order valence-electron chi connectivity index (χ1n) is 7.04. The van der Waals surface area contributed by atoms with Crippen LogP contribution in [-0.4, -0.2) is 16.2 Å². The molecule has 0 unspecified atom stereocenters. The molecule has 0 aliphatic heterocycles. The Morgan fingerprint density at radius 1 is 1.29 bits per heavy atom. The van der Waals surface area contributed by atoms with Crippen molar-refractivity contribution >= 4 is 0 Å². The fourth-order valence-corrected chi connectivity index (χ4v) is 1.72. The molecule has 0 saturated carbocycles. The maximum absolute atomic E-state index is 13.9. The molecule has 0 radical (unpaired) electrons. The molecule has 114 valence electrons. The van der Waals surface area contributed by atoms with E-state index in [0.717, 1.165) is 5.56 Å². The maximum atomic E-state index is 13.9. The molecule has 0 saturated heterocycles. The fourth-order valence-electron chi connectivity index (χ4n) is 1.72. The molecule has 0 aliphatic carbocycles. The highest BCUT2D eigenvalue weighted by Crippen LogP contribution is 2.19. The van der Waals surface area contributed by atoms with E-state index in [0.29, 0.717) is 30.8 Å². The molecule has 1 aromatic heterocycles. The van der Waals surface area contributed by atoms with Gasteiger partial charge in [0.05, 0.1) is 0 Å². The first-order chi connectivity index (χ1) is 10.1. The predicted molar refractivity (Wildman–Crippen MR) is 76.4 cm³/mol. The molecule has 1 heterocycles. The van der Waals surface area contributed by atoms with E-state index in [-0.39, 0.29) is 12.4 Å². The number of nitrogens with zero attached hydrogens (tertiary/aromatic N) is 2. The van der Waals surface area contributed by atoms with Crippen LogP contribution >= 0.6 is 0 Å². The van der Waals surface area contributed by atoms with Crippen LogP contribution < -0.4 is 10.1 Å². The van der Waals surface area contributed by atoms with Crippen LogP contribution in [0.15, 0.2) is 22.6 Å². The molecule has 2 aromatic rings. The second-order valence-electron chi connectivity index (χ2n) is 5.03. The van der Waals surface area contributed by atoms with E-state index in [1.807, 2.05) is 26.8 Å². The Balaban J connectivity index is 1.94. The van der Waals surface area contributed by atoms with Gasteiger partial charge in [-0.05, 0) is 17.7 Å². The van der Waals surface area contributed by atoms with Gasteiger partial charge in [0.25, 0.3) is 5.89 Å². The Hall–Kier alpha value is -1.95. The fraction of sp³-hybridized carbons (Fsp3) is 0.467. The van der Waals surface area contributed by atoms with Gasteiger partial charge in [0, 0.05) is 19.0 Å². The van der Waals surface area contributed by atoms with Crippen molar-refractivity contribution in [2.45, 2.75) is 46.4 Å². The molecule has 0 bridgehead atoms. The molecule has 21 heavy (non-hydrogen) atoms. The van der Waals surface area contributed by atoms with E-state index in [1.165, 1.54) is 6.07 Å². The summed E-state index contributed by atoms with van der Waals surface area (Å²) < 4.78 is 24.6. The summed E-state index contributed by atoms with van der Waals surface area (Å²) >= 11 is 0. The maximum Gasteiger partial charge on any atom is 0.253 e. The van der Waals surface area contributed by atoms with E-state index in [2.05, 4.69) is 15.5 Å². The summed E-state index contributed by atoms with van der Waals surface area (Å²) in [5, 5.41) is 10.9. The third-order valence-electron chi connectivity index (χ3n) is 2.87. The van der Waals surface area contributed by atoms with Gasteiger partial charge in [0.15, 0.2) is 18.2 Å². The van der Waals surface area contributed by atoms with E-state index in [1.54, 1.807) is 6.07 Å². The lowest BCUT2D eigenvalue weighted by molar-refractivity contribution is 0.248. The molecular weight excluding hydrogens is 273 g/mol. The van der Waals surface area contributed by atoms with E-state index in [4.69, 9.17) is 9.15 Å². The molecule has 0 aliphatic rings. The SMILES string of the molecule is CCc1nnc(COc2ccc(CNC(C)C)cc2F)o1. The monoisotopic (exact) mass is 293 g/mol. The van der Waals surface area contributed by atoms with Gasteiger partial charge < -0.3 is 14.5 Å². The molecule has 1 N–H and O–H groups in total. The minimum atomic E-state index is -0.395. The summed E-state index contributed by atoms with van der Waals surface area (Å²) in [6, 6.07) is 5.27. The molecule has 1 aromatic carbocycles. The van der Waals surface area contributed by atoms with Crippen LogP contribution in [0.3, 0.4) is 0 Å². The Morgan fingerprint density at radius 2 is 2.05 bits per heavy atom. The van der Waals surface area contributed by atoms with Crippen LogP contribution in [0.2, 0.25) is 0 Å². The smallest absolute Gasteiger partial charge is 0.253 e. The van der Waals surface area contributed by atoms with Crippen molar-refractivity contribution < 1.29 is 13.5 Å². The molecule has 2 rings (SSSR count). The van der Waals surface area contributed by atoms with Crippen molar-refractivity contribution in [3.8, 4) is 5.75 Å². The van der Waals surface area contributed by atoms with Crippen LogP contribution in [0.1, 0.15) is 38.1 Å². The predicted octanol–water partition coefficient (Wildman–Crippen LogP) is 2.85. The Morgan fingerprint density at radius 3 is 2.67 bits per heavy atom. The van der Waals surface area contributed by atoms with Crippen molar-refractivity contribution in [3.63, 3.8) is 0 Å². The quantitative estimate of drug-likeness (QED) is 0.850. The van der Waals surface area contributed by atoms with Gasteiger partial charge in [-0.2, -0.15) is 0 Å². The lowest BCUT2D eigenvalue weighted by Crippen LogP contribution is -2.21. The normalized spacial score (nSPS) is 11.1. The lowest BCUT2D eigenvalue weighted by atomic mass is 10.2. The highest BCUT2D eigenvalue weighted by atomic mass is 19.1. The van der Waals surface area contributed by atoms with Crippen molar-refractivity contribution in [1.29, 1.82) is 0 Å². The van der Waals surface area contributed by atoms with E-state index in [9.17, 15) is 4.39 Å². The van der Waals surface area contributed by atoms with Crippen molar-refractivity contribution in [3.05, 3.63) is 41.4 Å². The van der Waals surface area contributed by atoms with Crippen molar-refractivity contribution in [1.82, 2.24) is 15.5 Å². The number of ether oxygens (including phenoxy) is 1. The Labute approximate surface area is 123 Å². The minimum absolute atomic E-state index is 0.0630. The van der Waals surface area contributed by atoms with Crippen LogP contribution in [0.4, 0.5) is 4.39 Å². The van der Waals surface area contributed by atoms with E-state index >= 15 is 0 Å². The third kappa shape index (κ3) is 4.53.